The third-order valence-corrected chi connectivity index (χ3v) is 5.03. The van der Waals surface area contributed by atoms with E-state index in [-0.39, 0.29) is 0 Å². The molecule has 0 bridgehead atoms. The molecule has 0 aliphatic heterocycles. The van der Waals surface area contributed by atoms with Crippen LogP contribution in [0.25, 0.3) is 0 Å². The molecule has 0 heterocycles. The van der Waals surface area contributed by atoms with Gasteiger partial charge in [0.05, 0.1) is 11.1 Å². The van der Waals surface area contributed by atoms with E-state index >= 15 is 0 Å². The van der Waals surface area contributed by atoms with Crippen molar-refractivity contribution >= 4 is 11.9 Å². The van der Waals surface area contributed by atoms with Crippen LogP contribution in [-0.4, -0.2) is 11.9 Å². The van der Waals surface area contributed by atoms with Crippen molar-refractivity contribution in [2.75, 3.05) is 0 Å². The highest BCUT2D eigenvalue weighted by molar-refractivity contribution is 5.91. The van der Waals surface area contributed by atoms with Gasteiger partial charge in [0.2, 0.25) is 0 Å². The van der Waals surface area contributed by atoms with Gasteiger partial charge in [0.1, 0.15) is 11.5 Å². The molecule has 4 heteroatoms. The fourth-order valence-electron chi connectivity index (χ4n) is 3.36. The van der Waals surface area contributed by atoms with Gasteiger partial charge < -0.3 is 9.47 Å². The van der Waals surface area contributed by atoms with Crippen molar-refractivity contribution in [3.63, 3.8) is 0 Å². The summed E-state index contributed by atoms with van der Waals surface area (Å²) in [7, 11) is 0. The Balaban J connectivity index is 1.47. The van der Waals surface area contributed by atoms with Crippen molar-refractivity contribution < 1.29 is 19.1 Å². The Kier molecular flexibility index (Phi) is 6.73. The zero-order chi connectivity index (χ0) is 22.2. The molecule has 0 aliphatic rings. The van der Waals surface area contributed by atoms with Crippen LogP contribution in [0.3, 0.4) is 0 Å². The molecule has 0 atom stereocenters. The van der Waals surface area contributed by atoms with Crippen LogP contribution >= 0.6 is 0 Å². The maximum absolute atomic E-state index is 12.5. The van der Waals surface area contributed by atoms with Crippen molar-refractivity contribution in [3.05, 3.63) is 131 Å². The van der Waals surface area contributed by atoms with E-state index in [4.69, 9.17) is 9.47 Å². The van der Waals surface area contributed by atoms with E-state index in [9.17, 15) is 9.59 Å². The SMILES string of the molecule is O=C(Oc1ccccc1CCc1ccccc1OC(=O)c1ccccc1)c1ccccc1. The number of hydrogen-bond donors (Lipinski definition) is 0. The summed E-state index contributed by atoms with van der Waals surface area (Å²) in [6, 6.07) is 32.8. The minimum Gasteiger partial charge on any atom is -0.423 e. The Morgan fingerprint density at radius 2 is 0.812 bits per heavy atom. The average molecular weight is 422 g/mol. The van der Waals surface area contributed by atoms with Gasteiger partial charge in [-0.15, -0.1) is 0 Å². The summed E-state index contributed by atoms with van der Waals surface area (Å²) >= 11 is 0. The molecule has 0 spiro atoms. The van der Waals surface area contributed by atoms with Crippen molar-refractivity contribution in [2.45, 2.75) is 12.8 Å². The molecular formula is C28H22O4. The number of ether oxygens (including phenoxy) is 2. The number of rotatable bonds is 7. The number of hydrogen-bond acceptors (Lipinski definition) is 4. The Morgan fingerprint density at radius 3 is 1.22 bits per heavy atom. The number of aryl methyl sites for hydroxylation is 2. The smallest absolute Gasteiger partial charge is 0.343 e. The second-order valence-corrected chi connectivity index (χ2v) is 7.23. The highest BCUT2D eigenvalue weighted by Gasteiger charge is 2.14. The first-order valence-electron chi connectivity index (χ1n) is 10.4. The summed E-state index contributed by atoms with van der Waals surface area (Å²) in [5.41, 5.74) is 2.81. The van der Waals surface area contributed by atoms with Gasteiger partial charge in [-0.1, -0.05) is 72.8 Å². The van der Waals surface area contributed by atoms with Crippen LogP contribution < -0.4 is 9.47 Å². The molecule has 0 aliphatic carbocycles. The number of carbonyl (C=O) groups excluding carboxylic acids is 2. The summed E-state index contributed by atoms with van der Waals surface area (Å²) in [5.74, 6) is 0.269. The van der Waals surface area contributed by atoms with Crippen LogP contribution in [0, 0.1) is 0 Å². The predicted molar refractivity (Wildman–Crippen MR) is 123 cm³/mol. The van der Waals surface area contributed by atoms with Gasteiger partial charge in [0.25, 0.3) is 0 Å². The highest BCUT2D eigenvalue weighted by Crippen LogP contribution is 2.25. The van der Waals surface area contributed by atoms with Crippen molar-refractivity contribution in [1.82, 2.24) is 0 Å². The van der Waals surface area contributed by atoms with Gasteiger partial charge in [-0.2, -0.15) is 0 Å². The molecule has 0 N–H and O–H groups in total. The first-order valence-corrected chi connectivity index (χ1v) is 10.4. The van der Waals surface area contributed by atoms with Crippen LogP contribution in [0.15, 0.2) is 109 Å². The molecule has 0 radical (unpaired) electrons. The lowest BCUT2D eigenvalue weighted by molar-refractivity contribution is 0.0722. The summed E-state index contributed by atoms with van der Waals surface area (Å²) in [6.45, 7) is 0. The van der Waals surface area contributed by atoms with Crippen molar-refractivity contribution in [3.8, 4) is 11.5 Å². The van der Waals surface area contributed by atoms with Gasteiger partial charge in [-0.25, -0.2) is 9.59 Å². The van der Waals surface area contributed by atoms with E-state index in [2.05, 4.69) is 0 Å². The van der Waals surface area contributed by atoms with Crippen LogP contribution in [0.5, 0.6) is 11.5 Å². The molecule has 0 aromatic heterocycles. The number of carbonyl (C=O) groups is 2. The monoisotopic (exact) mass is 422 g/mol. The highest BCUT2D eigenvalue weighted by atomic mass is 16.5. The van der Waals surface area contributed by atoms with Gasteiger partial charge in [0, 0.05) is 0 Å². The molecule has 0 saturated heterocycles. The van der Waals surface area contributed by atoms with E-state index in [1.807, 2.05) is 48.5 Å². The fourth-order valence-corrected chi connectivity index (χ4v) is 3.36. The quantitative estimate of drug-likeness (QED) is 0.274. The first kappa shape index (κ1) is 21.1. The van der Waals surface area contributed by atoms with E-state index in [1.165, 1.54) is 0 Å². The number of benzene rings is 4. The largest absolute Gasteiger partial charge is 0.423 e. The third kappa shape index (κ3) is 5.29. The predicted octanol–water partition coefficient (Wildman–Crippen LogP) is 5.91. The molecule has 158 valence electrons. The van der Waals surface area contributed by atoms with Crippen LogP contribution in [0.2, 0.25) is 0 Å². The zero-order valence-corrected chi connectivity index (χ0v) is 17.4. The molecule has 0 fully saturated rings. The van der Waals surface area contributed by atoms with Crippen LogP contribution in [-0.2, 0) is 12.8 Å². The van der Waals surface area contributed by atoms with E-state index in [1.54, 1.807) is 60.7 Å². The molecule has 4 aromatic carbocycles. The van der Waals surface area contributed by atoms with Crippen molar-refractivity contribution in [2.24, 2.45) is 0 Å². The molecule has 4 nitrogen and oxygen atoms in total. The molecule has 4 aromatic rings. The molecule has 0 saturated carbocycles. The normalized spacial score (nSPS) is 10.4. The van der Waals surface area contributed by atoms with Gasteiger partial charge >= 0.3 is 11.9 Å². The average Bonchev–Trinajstić information content (AvgIpc) is 2.85. The lowest BCUT2D eigenvalue weighted by Crippen LogP contribution is -2.11. The Hall–Kier alpha value is -4.18. The topological polar surface area (TPSA) is 52.6 Å². The van der Waals surface area contributed by atoms with Gasteiger partial charge in [-0.3, -0.25) is 0 Å². The molecule has 32 heavy (non-hydrogen) atoms. The van der Waals surface area contributed by atoms with Gasteiger partial charge in [0.15, 0.2) is 0 Å². The lowest BCUT2D eigenvalue weighted by Gasteiger charge is -2.12. The maximum atomic E-state index is 12.5. The summed E-state index contributed by atoms with van der Waals surface area (Å²) in [5, 5.41) is 0. The van der Waals surface area contributed by atoms with E-state index in [0.29, 0.717) is 35.5 Å². The summed E-state index contributed by atoms with van der Waals surface area (Å²) < 4.78 is 11.3. The first-order chi connectivity index (χ1) is 15.7. The third-order valence-electron chi connectivity index (χ3n) is 5.03. The van der Waals surface area contributed by atoms with E-state index in [0.717, 1.165) is 11.1 Å². The van der Waals surface area contributed by atoms with E-state index < -0.39 is 11.9 Å². The molecule has 4 rings (SSSR count). The Morgan fingerprint density at radius 1 is 0.469 bits per heavy atom. The number of esters is 2. The summed E-state index contributed by atoms with van der Waals surface area (Å²) in [6.07, 6.45) is 1.25. The fraction of sp³-hybridized carbons (Fsp3) is 0.0714. The maximum Gasteiger partial charge on any atom is 0.343 e. The van der Waals surface area contributed by atoms with Crippen LogP contribution in [0.4, 0.5) is 0 Å². The minimum atomic E-state index is -0.393. The Labute approximate surface area is 187 Å². The second-order valence-electron chi connectivity index (χ2n) is 7.23. The Bertz CT molecular complexity index is 1100. The molecular weight excluding hydrogens is 400 g/mol. The van der Waals surface area contributed by atoms with Crippen LogP contribution in [0.1, 0.15) is 31.8 Å². The standard InChI is InChI=1S/C28H22O4/c29-27(23-13-3-1-4-14-23)31-25-17-9-7-11-21(25)19-20-22-12-8-10-18-26(22)32-28(30)24-15-5-2-6-16-24/h1-18H,19-20H2. The van der Waals surface area contributed by atoms with Crippen molar-refractivity contribution in [1.29, 1.82) is 0 Å². The molecule has 0 unspecified atom stereocenters. The lowest BCUT2D eigenvalue weighted by atomic mass is 10.0. The summed E-state index contributed by atoms with van der Waals surface area (Å²) in [4.78, 5) is 24.9. The number of para-hydroxylation sites is 2. The minimum absolute atomic E-state index is 0.393. The molecule has 0 amide bonds. The second kappa shape index (κ2) is 10.2. The van der Waals surface area contributed by atoms with Gasteiger partial charge in [-0.05, 0) is 60.4 Å². The zero-order valence-electron chi connectivity index (χ0n) is 17.4.